The molecular formula is C18H38N2O. The highest BCUT2D eigenvalue weighted by atomic mass is 16.3. The minimum absolute atomic E-state index is 0.0520. The first-order chi connectivity index (χ1) is 10.2. The molecule has 0 aromatic carbocycles. The Bertz CT molecular complexity index is 254. The Hall–Kier alpha value is -0.120. The fraction of sp³-hybridized carbons (Fsp3) is 1.00. The van der Waals surface area contributed by atoms with E-state index in [0.29, 0.717) is 0 Å². The maximum absolute atomic E-state index is 9.81. The van der Waals surface area contributed by atoms with Gasteiger partial charge in [-0.05, 0) is 64.6 Å². The summed E-state index contributed by atoms with van der Waals surface area (Å²) in [5.74, 6) is 0. The van der Waals surface area contributed by atoms with E-state index in [1.165, 1.54) is 51.6 Å². The van der Waals surface area contributed by atoms with Gasteiger partial charge in [0.15, 0.2) is 0 Å². The molecule has 1 saturated heterocycles. The van der Waals surface area contributed by atoms with E-state index < -0.39 is 0 Å². The van der Waals surface area contributed by atoms with Crippen LogP contribution in [0.4, 0.5) is 0 Å². The van der Waals surface area contributed by atoms with E-state index in [1.807, 2.05) is 0 Å². The van der Waals surface area contributed by atoms with Crippen LogP contribution in [0.15, 0.2) is 0 Å². The number of nitrogens with one attached hydrogen (secondary N) is 1. The van der Waals surface area contributed by atoms with Gasteiger partial charge in [-0.1, -0.05) is 33.6 Å². The predicted molar refractivity (Wildman–Crippen MR) is 91.8 cm³/mol. The number of nitrogens with zero attached hydrogens (tertiary/aromatic N) is 1. The van der Waals surface area contributed by atoms with Crippen LogP contribution in [0.1, 0.15) is 78.6 Å². The molecule has 2 N–H and O–H groups in total. The van der Waals surface area contributed by atoms with Gasteiger partial charge in [-0.15, -0.1) is 0 Å². The number of rotatable bonds is 10. The molecule has 1 heterocycles. The Morgan fingerprint density at radius 2 is 2.00 bits per heavy atom. The summed E-state index contributed by atoms with van der Waals surface area (Å²) in [6, 6.07) is 0.793. The second-order valence-electron chi connectivity index (χ2n) is 6.77. The van der Waals surface area contributed by atoms with Crippen LogP contribution in [0.5, 0.6) is 0 Å². The van der Waals surface area contributed by atoms with E-state index >= 15 is 0 Å². The van der Waals surface area contributed by atoms with E-state index in [-0.39, 0.29) is 12.1 Å². The Balaban J connectivity index is 2.43. The van der Waals surface area contributed by atoms with Crippen LogP contribution in [-0.4, -0.2) is 47.8 Å². The number of aliphatic hydroxyl groups is 1. The SMILES string of the molecule is CCCNC(CC)(CO)CCCN1CCCCCC1CC. The lowest BCUT2D eigenvalue weighted by Crippen LogP contribution is -2.49. The van der Waals surface area contributed by atoms with Crippen molar-refractivity contribution in [3.05, 3.63) is 0 Å². The fourth-order valence-electron chi connectivity index (χ4n) is 3.64. The van der Waals surface area contributed by atoms with E-state index in [0.717, 1.165) is 31.8 Å². The van der Waals surface area contributed by atoms with Gasteiger partial charge >= 0.3 is 0 Å². The molecule has 0 aromatic rings. The summed E-state index contributed by atoms with van der Waals surface area (Å²) in [6.07, 6.45) is 11.3. The third-order valence-corrected chi connectivity index (χ3v) is 5.30. The number of hydrogen-bond donors (Lipinski definition) is 2. The fourth-order valence-corrected chi connectivity index (χ4v) is 3.64. The van der Waals surface area contributed by atoms with E-state index in [1.54, 1.807) is 0 Å². The molecule has 1 aliphatic heterocycles. The maximum Gasteiger partial charge on any atom is 0.0613 e. The first kappa shape index (κ1) is 18.9. The molecule has 1 fully saturated rings. The second-order valence-corrected chi connectivity index (χ2v) is 6.77. The van der Waals surface area contributed by atoms with Crippen molar-refractivity contribution >= 4 is 0 Å². The van der Waals surface area contributed by atoms with Gasteiger partial charge in [0.05, 0.1) is 6.61 Å². The lowest BCUT2D eigenvalue weighted by Gasteiger charge is -2.34. The van der Waals surface area contributed by atoms with Crippen molar-refractivity contribution in [2.24, 2.45) is 0 Å². The minimum atomic E-state index is -0.0520. The topological polar surface area (TPSA) is 35.5 Å². The van der Waals surface area contributed by atoms with Crippen molar-refractivity contribution in [2.45, 2.75) is 90.1 Å². The Kier molecular flexibility index (Phi) is 9.54. The molecule has 0 aromatic heterocycles. The summed E-state index contributed by atoms with van der Waals surface area (Å²) >= 11 is 0. The molecule has 126 valence electrons. The lowest BCUT2D eigenvalue weighted by atomic mass is 9.90. The van der Waals surface area contributed by atoms with Gasteiger partial charge in [-0.2, -0.15) is 0 Å². The average Bonchev–Trinajstić information content (AvgIpc) is 2.76. The van der Waals surface area contributed by atoms with Gasteiger partial charge in [0.25, 0.3) is 0 Å². The van der Waals surface area contributed by atoms with Crippen LogP contribution in [0, 0.1) is 0 Å². The van der Waals surface area contributed by atoms with Crippen LogP contribution in [0.3, 0.4) is 0 Å². The smallest absolute Gasteiger partial charge is 0.0613 e. The molecule has 0 aliphatic carbocycles. The molecule has 1 rings (SSSR count). The van der Waals surface area contributed by atoms with Crippen molar-refractivity contribution in [1.29, 1.82) is 0 Å². The summed E-state index contributed by atoms with van der Waals surface area (Å²) in [4.78, 5) is 2.71. The third kappa shape index (κ3) is 6.25. The number of aliphatic hydroxyl groups excluding tert-OH is 1. The molecule has 0 spiro atoms. The van der Waals surface area contributed by atoms with Crippen molar-refractivity contribution in [2.75, 3.05) is 26.2 Å². The highest BCUT2D eigenvalue weighted by Gasteiger charge is 2.27. The maximum atomic E-state index is 9.81. The molecule has 0 saturated carbocycles. The van der Waals surface area contributed by atoms with Crippen LogP contribution in [0.2, 0.25) is 0 Å². The van der Waals surface area contributed by atoms with Gasteiger partial charge in [0.1, 0.15) is 0 Å². The largest absolute Gasteiger partial charge is 0.394 e. The lowest BCUT2D eigenvalue weighted by molar-refractivity contribution is 0.131. The van der Waals surface area contributed by atoms with Crippen molar-refractivity contribution < 1.29 is 5.11 Å². The van der Waals surface area contributed by atoms with Gasteiger partial charge in [-0.3, -0.25) is 0 Å². The zero-order valence-corrected chi connectivity index (χ0v) is 14.7. The summed E-state index contributed by atoms with van der Waals surface area (Å²) in [5, 5.41) is 13.4. The Morgan fingerprint density at radius 1 is 1.19 bits per heavy atom. The monoisotopic (exact) mass is 298 g/mol. The third-order valence-electron chi connectivity index (χ3n) is 5.30. The van der Waals surface area contributed by atoms with E-state index in [9.17, 15) is 5.11 Å². The van der Waals surface area contributed by atoms with Gasteiger partial charge < -0.3 is 15.3 Å². The quantitative estimate of drug-likeness (QED) is 0.647. The number of hydrogen-bond acceptors (Lipinski definition) is 3. The zero-order valence-electron chi connectivity index (χ0n) is 14.7. The molecule has 3 nitrogen and oxygen atoms in total. The van der Waals surface area contributed by atoms with Crippen LogP contribution in [0.25, 0.3) is 0 Å². The van der Waals surface area contributed by atoms with Crippen molar-refractivity contribution in [3.63, 3.8) is 0 Å². The zero-order chi connectivity index (χ0) is 15.6. The summed E-state index contributed by atoms with van der Waals surface area (Å²) in [5.41, 5.74) is -0.0520. The van der Waals surface area contributed by atoms with Gasteiger partial charge in [-0.25, -0.2) is 0 Å². The van der Waals surface area contributed by atoms with Crippen LogP contribution >= 0.6 is 0 Å². The average molecular weight is 299 g/mol. The molecule has 2 unspecified atom stereocenters. The molecule has 3 heteroatoms. The molecular weight excluding hydrogens is 260 g/mol. The predicted octanol–water partition coefficient (Wildman–Crippen LogP) is 3.56. The molecule has 2 atom stereocenters. The molecule has 1 aliphatic rings. The molecule has 21 heavy (non-hydrogen) atoms. The van der Waals surface area contributed by atoms with Crippen molar-refractivity contribution in [3.8, 4) is 0 Å². The Morgan fingerprint density at radius 3 is 2.62 bits per heavy atom. The normalized spacial score (nSPS) is 23.7. The minimum Gasteiger partial charge on any atom is -0.394 e. The van der Waals surface area contributed by atoms with Gasteiger partial charge in [0.2, 0.25) is 0 Å². The standard InChI is InChI=1S/C18H38N2O/c1-4-13-19-18(6-3,16-21)12-10-15-20-14-9-7-8-11-17(20)5-2/h17,19,21H,4-16H2,1-3H3. The highest BCUT2D eigenvalue weighted by molar-refractivity contribution is 4.86. The van der Waals surface area contributed by atoms with E-state index in [2.05, 4.69) is 31.0 Å². The summed E-state index contributed by atoms with van der Waals surface area (Å²) in [7, 11) is 0. The second kappa shape index (κ2) is 10.6. The first-order valence-electron chi connectivity index (χ1n) is 9.31. The Labute approximate surface area is 132 Å². The number of likely N-dealkylation sites (tertiary alicyclic amines) is 1. The molecule has 0 radical (unpaired) electrons. The first-order valence-corrected chi connectivity index (χ1v) is 9.31. The highest BCUT2D eigenvalue weighted by Crippen LogP contribution is 2.22. The van der Waals surface area contributed by atoms with E-state index in [4.69, 9.17) is 0 Å². The summed E-state index contributed by atoms with van der Waals surface area (Å²) in [6.45, 7) is 10.5. The molecule has 0 amide bonds. The van der Waals surface area contributed by atoms with Crippen LogP contribution < -0.4 is 5.32 Å². The van der Waals surface area contributed by atoms with Crippen LogP contribution in [-0.2, 0) is 0 Å². The molecule has 0 bridgehead atoms. The van der Waals surface area contributed by atoms with Crippen molar-refractivity contribution in [1.82, 2.24) is 10.2 Å². The summed E-state index contributed by atoms with van der Waals surface area (Å²) < 4.78 is 0. The van der Waals surface area contributed by atoms with Gasteiger partial charge in [0, 0.05) is 11.6 Å².